The van der Waals surface area contributed by atoms with E-state index in [1.54, 1.807) is 13.0 Å². The predicted molar refractivity (Wildman–Crippen MR) is 66.4 cm³/mol. The predicted octanol–water partition coefficient (Wildman–Crippen LogP) is 1.36. The molecule has 0 aliphatic carbocycles. The summed E-state index contributed by atoms with van der Waals surface area (Å²) in [6.07, 6.45) is -3.01. The Morgan fingerprint density at radius 2 is 2.10 bits per heavy atom. The van der Waals surface area contributed by atoms with E-state index in [-0.39, 0.29) is 18.5 Å². The average molecular weight is 299 g/mol. The third-order valence-electron chi connectivity index (χ3n) is 3.41. The molecule has 5 nitrogen and oxygen atoms in total. The second-order valence-corrected chi connectivity index (χ2v) is 4.88. The van der Waals surface area contributed by atoms with Crippen LogP contribution in [0.4, 0.5) is 13.2 Å². The van der Waals surface area contributed by atoms with Gasteiger partial charge in [-0.2, -0.15) is 18.4 Å². The number of carbonyl (C=O) groups excluding carboxylic acids is 1. The van der Waals surface area contributed by atoms with Crippen molar-refractivity contribution in [3.05, 3.63) is 33.7 Å². The summed E-state index contributed by atoms with van der Waals surface area (Å²) in [7, 11) is 0. The van der Waals surface area contributed by atoms with E-state index < -0.39 is 30.2 Å². The van der Waals surface area contributed by atoms with E-state index in [4.69, 9.17) is 5.26 Å². The molecule has 2 rings (SSSR count). The second kappa shape index (κ2) is 5.24. The van der Waals surface area contributed by atoms with Gasteiger partial charge in [0.05, 0.1) is 0 Å². The number of pyridine rings is 1. The maximum atomic E-state index is 12.4. The first kappa shape index (κ1) is 15.1. The Hall–Kier alpha value is -2.30. The summed E-state index contributed by atoms with van der Waals surface area (Å²) in [4.78, 5) is 24.8. The van der Waals surface area contributed by atoms with Crippen LogP contribution in [-0.2, 0) is 4.79 Å². The molecule has 1 aliphatic rings. The van der Waals surface area contributed by atoms with Gasteiger partial charge in [0.15, 0.2) is 0 Å². The van der Waals surface area contributed by atoms with Crippen molar-refractivity contribution in [3.8, 4) is 6.07 Å². The molecular weight excluding hydrogens is 287 g/mol. The van der Waals surface area contributed by atoms with Crippen molar-refractivity contribution < 1.29 is 18.0 Å². The third-order valence-corrected chi connectivity index (χ3v) is 3.41. The topological polar surface area (TPSA) is 66.1 Å². The quantitative estimate of drug-likeness (QED) is 0.828. The molecule has 1 aromatic heterocycles. The standard InChI is InChI=1S/C13H12F3N3O2/c1-8-2-5-19(11(20)9(8)6-17)10-3-4-18(12(10)21)7-13(14,15)16/h2,5,10H,3-4,7H2,1H3/t10-/m0/s1. The van der Waals surface area contributed by atoms with Crippen molar-refractivity contribution >= 4 is 5.91 Å². The minimum atomic E-state index is -4.47. The molecule has 1 fully saturated rings. The van der Waals surface area contributed by atoms with Crippen LogP contribution in [0.15, 0.2) is 17.1 Å². The van der Waals surface area contributed by atoms with Crippen LogP contribution in [0, 0.1) is 18.3 Å². The molecule has 0 bridgehead atoms. The molecule has 1 aliphatic heterocycles. The molecule has 0 saturated carbocycles. The van der Waals surface area contributed by atoms with Gasteiger partial charge < -0.3 is 9.47 Å². The van der Waals surface area contributed by atoms with E-state index in [1.165, 1.54) is 12.3 Å². The summed E-state index contributed by atoms with van der Waals surface area (Å²) in [5, 5.41) is 8.93. The lowest BCUT2D eigenvalue weighted by Crippen LogP contribution is -2.38. The lowest BCUT2D eigenvalue weighted by atomic mass is 10.1. The lowest BCUT2D eigenvalue weighted by molar-refractivity contribution is -0.158. The van der Waals surface area contributed by atoms with Gasteiger partial charge in [0.25, 0.3) is 5.56 Å². The molecule has 8 heteroatoms. The fraction of sp³-hybridized carbons (Fsp3) is 0.462. The summed E-state index contributed by atoms with van der Waals surface area (Å²) in [5.41, 5.74) is -0.277. The number of carbonyl (C=O) groups is 1. The van der Waals surface area contributed by atoms with E-state index in [9.17, 15) is 22.8 Å². The summed E-state index contributed by atoms with van der Waals surface area (Å²) in [5.74, 6) is -0.748. The zero-order valence-electron chi connectivity index (χ0n) is 11.1. The number of halogens is 3. The molecule has 0 aromatic carbocycles. The summed E-state index contributed by atoms with van der Waals surface area (Å²) < 4.78 is 38.1. The molecule has 0 N–H and O–H groups in total. The maximum Gasteiger partial charge on any atom is 0.406 e. The SMILES string of the molecule is Cc1ccn([C@H]2CCN(CC(F)(F)F)C2=O)c(=O)c1C#N. The fourth-order valence-electron chi connectivity index (χ4n) is 2.38. The van der Waals surface area contributed by atoms with Crippen molar-refractivity contribution in [1.82, 2.24) is 9.47 Å². The van der Waals surface area contributed by atoms with E-state index in [2.05, 4.69) is 0 Å². The molecule has 2 heterocycles. The van der Waals surface area contributed by atoms with E-state index in [1.807, 2.05) is 0 Å². The number of aromatic nitrogens is 1. The summed E-state index contributed by atoms with van der Waals surface area (Å²) >= 11 is 0. The first-order chi connectivity index (χ1) is 9.74. The zero-order chi connectivity index (χ0) is 15.8. The van der Waals surface area contributed by atoms with Crippen LogP contribution in [0.5, 0.6) is 0 Å². The van der Waals surface area contributed by atoms with E-state index >= 15 is 0 Å². The van der Waals surface area contributed by atoms with Crippen LogP contribution in [0.2, 0.25) is 0 Å². The molecule has 21 heavy (non-hydrogen) atoms. The van der Waals surface area contributed by atoms with Crippen molar-refractivity contribution in [3.63, 3.8) is 0 Å². The van der Waals surface area contributed by atoms with Crippen LogP contribution in [0.1, 0.15) is 23.6 Å². The summed E-state index contributed by atoms with van der Waals surface area (Å²) in [6, 6.07) is 2.27. The molecule has 0 unspecified atom stereocenters. The van der Waals surface area contributed by atoms with Crippen LogP contribution < -0.4 is 5.56 Å². The van der Waals surface area contributed by atoms with Gasteiger partial charge >= 0.3 is 6.18 Å². The van der Waals surface area contributed by atoms with Gasteiger partial charge in [-0.15, -0.1) is 0 Å². The average Bonchev–Trinajstić information content (AvgIpc) is 2.70. The monoisotopic (exact) mass is 299 g/mol. The number of likely N-dealkylation sites (tertiary alicyclic amines) is 1. The fourth-order valence-corrected chi connectivity index (χ4v) is 2.38. The summed E-state index contributed by atoms with van der Waals surface area (Å²) in [6.45, 7) is 0.190. The number of rotatable bonds is 2. The van der Waals surface area contributed by atoms with Gasteiger partial charge in [-0.05, 0) is 25.0 Å². The van der Waals surface area contributed by atoms with Crippen LogP contribution in [0.3, 0.4) is 0 Å². The lowest BCUT2D eigenvalue weighted by Gasteiger charge is -2.19. The smallest absolute Gasteiger partial charge is 0.332 e. The van der Waals surface area contributed by atoms with Crippen LogP contribution >= 0.6 is 0 Å². The van der Waals surface area contributed by atoms with Crippen molar-refractivity contribution in [2.75, 3.05) is 13.1 Å². The number of nitriles is 1. The molecule has 112 valence electrons. The molecule has 1 amide bonds. The van der Waals surface area contributed by atoms with E-state index in [0.717, 1.165) is 4.57 Å². The Balaban J connectivity index is 2.32. The first-order valence-corrected chi connectivity index (χ1v) is 6.22. The maximum absolute atomic E-state index is 12.4. The van der Waals surface area contributed by atoms with Crippen molar-refractivity contribution in [1.29, 1.82) is 5.26 Å². The highest BCUT2D eigenvalue weighted by atomic mass is 19.4. The number of aryl methyl sites for hydroxylation is 1. The van der Waals surface area contributed by atoms with Crippen LogP contribution in [0.25, 0.3) is 0 Å². The van der Waals surface area contributed by atoms with Gasteiger partial charge in [-0.3, -0.25) is 9.59 Å². The highest BCUT2D eigenvalue weighted by molar-refractivity contribution is 5.82. The van der Waals surface area contributed by atoms with Gasteiger partial charge in [-0.25, -0.2) is 0 Å². The number of amides is 1. The number of nitrogens with zero attached hydrogens (tertiary/aromatic N) is 3. The minimum absolute atomic E-state index is 0.0643. The zero-order valence-corrected chi connectivity index (χ0v) is 11.1. The Morgan fingerprint density at radius 1 is 1.43 bits per heavy atom. The van der Waals surface area contributed by atoms with Gasteiger partial charge in [0, 0.05) is 12.7 Å². The molecule has 0 radical (unpaired) electrons. The van der Waals surface area contributed by atoms with E-state index in [0.29, 0.717) is 10.5 Å². The molecule has 1 atom stereocenters. The normalized spacial score (nSPS) is 18.9. The van der Waals surface area contributed by atoms with Crippen molar-refractivity contribution in [2.45, 2.75) is 25.6 Å². The molecular formula is C13H12F3N3O2. The Labute approximate surface area is 118 Å². The highest BCUT2D eigenvalue weighted by Gasteiger charge is 2.40. The second-order valence-electron chi connectivity index (χ2n) is 4.88. The number of hydrogen-bond donors (Lipinski definition) is 0. The molecule has 1 saturated heterocycles. The largest absolute Gasteiger partial charge is 0.406 e. The molecule has 1 aromatic rings. The Morgan fingerprint density at radius 3 is 2.67 bits per heavy atom. The van der Waals surface area contributed by atoms with Gasteiger partial charge in [0.1, 0.15) is 24.2 Å². The first-order valence-electron chi connectivity index (χ1n) is 6.22. The third kappa shape index (κ3) is 2.91. The molecule has 0 spiro atoms. The number of hydrogen-bond acceptors (Lipinski definition) is 3. The Kier molecular flexibility index (Phi) is 3.77. The Bertz CT molecular complexity index is 673. The van der Waals surface area contributed by atoms with Gasteiger partial charge in [-0.1, -0.05) is 0 Å². The van der Waals surface area contributed by atoms with Crippen molar-refractivity contribution in [2.24, 2.45) is 0 Å². The highest BCUT2D eigenvalue weighted by Crippen LogP contribution is 2.26. The minimum Gasteiger partial charge on any atom is -0.332 e. The van der Waals surface area contributed by atoms with Gasteiger partial charge in [0.2, 0.25) is 5.91 Å². The van der Waals surface area contributed by atoms with Crippen LogP contribution in [-0.4, -0.2) is 34.6 Å². The number of alkyl halides is 3.